The van der Waals surface area contributed by atoms with Crippen molar-refractivity contribution in [3.63, 3.8) is 0 Å². The Morgan fingerprint density at radius 2 is 2.09 bits per heavy atom. The lowest BCUT2D eigenvalue weighted by atomic mass is 10.8. The number of carbonyl (C=O) groups is 1. The molecule has 0 heterocycles. The molecule has 0 aromatic carbocycles. The highest BCUT2D eigenvalue weighted by Gasteiger charge is 2.13. The molecule has 11 heavy (non-hydrogen) atoms. The molecule has 0 rings (SSSR count). The van der Waals surface area contributed by atoms with E-state index in [1.54, 1.807) is 0 Å². The largest absolute Gasteiger partial charge is 0.438 e. The van der Waals surface area contributed by atoms with Crippen LogP contribution in [0.5, 0.6) is 0 Å². The zero-order chi connectivity index (χ0) is 8.91. The van der Waals surface area contributed by atoms with Gasteiger partial charge in [0.25, 0.3) is 10.1 Å². The van der Waals surface area contributed by atoms with E-state index < -0.39 is 21.8 Å². The molecule has 0 aliphatic heterocycles. The summed E-state index contributed by atoms with van der Waals surface area (Å²) in [7, 11) is -3.01. The first-order valence-electron chi connectivity index (χ1n) is 2.55. The lowest BCUT2D eigenvalue weighted by molar-refractivity contribution is -0.150. The minimum absolute atomic E-state index is 0.325. The second-order valence-electron chi connectivity index (χ2n) is 1.65. The quantitative estimate of drug-likeness (QED) is 0.343. The number of esters is 1. The summed E-state index contributed by atoms with van der Waals surface area (Å²) in [6.07, 6.45) is 0. The molecule has 0 aliphatic rings. The highest BCUT2D eigenvalue weighted by Crippen LogP contribution is 1.85. The maximum atomic E-state index is 10.4. The van der Waals surface area contributed by atoms with Gasteiger partial charge in [0.1, 0.15) is 0 Å². The second-order valence-corrected chi connectivity index (χ2v) is 3.10. The molecule has 0 aromatic heterocycles. The van der Waals surface area contributed by atoms with Crippen molar-refractivity contribution in [2.24, 2.45) is 0 Å². The Morgan fingerprint density at radius 1 is 1.55 bits per heavy atom. The van der Waals surface area contributed by atoms with Crippen LogP contribution in [0, 0.1) is 0 Å². The molecule has 0 aliphatic carbocycles. The summed E-state index contributed by atoms with van der Waals surface area (Å²) in [5.41, 5.74) is 0. The molecule has 0 spiro atoms. The van der Waals surface area contributed by atoms with Crippen molar-refractivity contribution in [1.82, 2.24) is 0 Å². The first-order valence-corrected chi connectivity index (χ1v) is 4.16. The number of ether oxygens (including phenoxy) is 2. The van der Waals surface area contributed by atoms with Crippen LogP contribution in [-0.4, -0.2) is 38.6 Å². The molecule has 6 nitrogen and oxygen atoms in total. The maximum absolute atomic E-state index is 10.4. The minimum Gasteiger partial charge on any atom is -0.438 e. The van der Waals surface area contributed by atoms with E-state index in [1.807, 2.05) is 0 Å². The molecule has 0 saturated heterocycles. The van der Waals surface area contributed by atoms with Gasteiger partial charge in [-0.2, -0.15) is 8.42 Å². The van der Waals surface area contributed by atoms with Crippen LogP contribution in [0.1, 0.15) is 0 Å². The van der Waals surface area contributed by atoms with Gasteiger partial charge in [-0.15, -0.1) is 0 Å². The highest BCUT2D eigenvalue weighted by atomic mass is 32.2. The van der Waals surface area contributed by atoms with Crippen molar-refractivity contribution < 1.29 is 27.2 Å². The van der Waals surface area contributed by atoms with Gasteiger partial charge >= 0.3 is 5.97 Å². The third kappa shape index (κ3) is 7.23. The Hall–Kier alpha value is -0.660. The molecule has 0 aromatic rings. The van der Waals surface area contributed by atoms with Crippen molar-refractivity contribution in [2.45, 2.75) is 0 Å². The fourth-order valence-corrected chi connectivity index (χ4v) is 0.696. The van der Waals surface area contributed by atoms with E-state index in [4.69, 9.17) is 4.55 Å². The average Bonchev–Trinajstić information content (AvgIpc) is 1.79. The van der Waals surface area contributed by atoms with E-state index in [-0.39, 0.29) is 6.79 Å². The molecular weight excluding hydrogens is 176 g/mol. The van der Waals surface area contributed by atoms with Gasteiger partial charge in [-0.3, -0.25) is 9.35 Å². The van der Waals surface area contributed by atoms with Gasteiger partial charge in [-0.05, 0) is 0 Å². The average molecular weight is 184 g/mol. The molecule has 66 valence electrons. The van der Waals surface area contributed by atoms with Crippen LogP contribution in [-0.2, 0) is 24.4 Å². The highest BCUT2D eigenvalue weighted by molar-refractivity contribution is 7.86. The number of rotatable bonds is 4. The predicted molar refractivity (Wildman–Crippen MR) is 34.4 cm³/mol. The Labute approximate surface area is 63.9 Å². The van der Waals surface area contributed by atoms with E-state index in [0.29, 0.717) is 0 Å². The summed E-state index contributed by atoms with van der Waals surface area (Å²) in [5.74, 6) is -2.09. The molecule has 0 amide bonds. The van der Waals surface area contributed by atoms with Crippen LogP contribution < -0.4 is 0 Å². The van der Waals surface area contributed by atoms with Gasteiger partial charge in [0, 0.05) is 7.11 Å². The second kappa shape index (κ2) is 4.27. The fourth-order valence-electron chi connectivity index (χ4n) is 0.315. The third-order valence-electron chi connectivity index (χ3n) is 0.638. The van der Waals surface area contributed by atoms with Gasteiger partial charge < -0.3 is 9.47 Å². The Balaban J connectivity index is 3.71. The Kier molecular flexibility index (Phi) is 4.01. The summed E-state index contributed by atoms with van der Waals surface area (Å²) < 4.78 is 36.6. The number of hydrogen-bond acceptors (Lipinski definition) is 5. The normalized spacial score (nSPS) is 11.1. The number of carbonyl (C=O) groups excluding carboxylic acids is 1. The summed E-state index contributed by atoms with van der Waals surface area (Å²) in [6.45, 7) is -0.325. The lowest BCUT2D eigenvalue weighted by Crippen LogP contribution is -2.18. The van der Waals surface area contributed by atoms with Crippen molar-refractivity contribution in [2.75, 3.05) is 19.7 Å². The lowest BCUT2D eigenvalue weighted by Gasteiger charge is -1.99. The Bertz CT molecular complexity index is 217. The van der Waals surface area contributed by atoms with Crippen LogP contribution in [0.25, 0.3) is 0 Å². The van der Waals surface area contributed by atoms with Gasteiger partial charge in [0.2, 0.25) is 0 Å². The zero-order valence-electron chi connectivity index (χ0n) is 5.81. The molecule has 0 radical (unpaired) electrons. The fraction of sp³-hybridized carbons (Fsp3) is 0.750. The summed E-state index contributed by atoms with van der Waals surface area (Å²) in [5, 5.41) is 0. The molecule has 0 unspecified atom stereocenters. The summed E-state index contributed by atoms with van der Waals surface area (Å²) in [6, 6.07) is 0. The smallest absolute Gasteiger partial charge is 0.325 e. The predicted octanol–water partition coefficient (Wildman–Crippen LogP) is -0.979. The number of methoxy groups -OCH3 is 1. The first kappa shape index (κ1) is 10.3. The van der Waals surface area contributed by atoms with Gasteiger partial charge in [-0.1, -0.05) is 0 Å². The Morgan fingerprint density at radius 3 is 2.45 bits per heavy atom. The van der Waals surface area contributed by atoms with Crippen LogP contribution in [0.4, 0.5) is 0 Å². The molecule has 0 bridgehead atoms. The maximum Gasteiger partial charge on any atom is 0.325 e. The van der Waals surface area contributed by atoms with Crippen molar-refractivity contribution in [1.29, 1.82) is 0 Å². The van der Waals surface area contributed by atoms with Crippen molar-refractivity contribution in [3.8, 4) is 0 Å². The van der Waals surface area contributed by atoms with Gasteiger partial charge in [-0.25, -0.2) is 0 Å². The van der Waals surface area contributed by atoms with E-state index >= 15 is 0 Å². The van der Waals surface area contributed by atoms with E-state index in [1.165, 1.54) is 7.11 Å². The third-order valence-corrected chi connectivity index (χ3v) is 1.24. The molecule has 0 atom stereocenters. The van der Waals surface area contributed by atoms with Crippen LogP contribution in [0.15, 0.2) is 0 Å². The first-order chi connectivity index (χ1) is 4.95. The number of hydrogen-bond donors (Lipinski definition) is 1. The van der Waals surface area contributed by atoms with Crippen molar-refractivity contribution in [3.05, 3.63) is 0 Å². The van der Waals surface area contributed by atoms with Crippen molar-refractivity contribution >= 4 is 16.1 Å². The topological polar surface area (TPSA) is 89.9 Å². The molecule has 0 fully saturated rings. The summed E-state index contributed by atoms with van der Waals surface area (Å²) in [4.78, 5) is 10.4. The minimum atomic E-state index is -4.28. The van der Waals surface area contributed by atoms with Crippen LogP contribution >= 0.6 is 0 Å². The SMILES string of the molecule is COCOC(=O)CS(=O)(=O)O. The van der Waals surface area contributed by atoms with E-state index in [0.717, 1.165) is 0 Å². The monoisotopic (exact) mass is 184 g/mol. The molecule has 1 N–H and O–H groups in total. The standard InChI is InChI=1S/C4H8O6S/c1-9-3-10-4(5)2-11(6,7)8/h2-3H2,1H3,(H,6,7,8). The van der Waals surface area contributed by atoms with Crippen LogP contribution in [0.3, 0.4) is 0 Å². The molecule has 0 saturated carbocycles. The molecule has 7 heteroatoms. The van der Waals surface area contributed by atoms with E-state index in [2.05, 4.69) is 9.47 Å². The van der Waals surface area contributed by atoms with E-state index in [9.17, 15) is 13.2 Å². The summed E-state index contributed by atoms with van der Waals surface area (Å²) >= 11 is 0. The molecular formula is C4H8O6S. The van der Waals surface area contributed by atoms with Crippen LogP contribution in [0.2, 0.25) is 0 Å². The zero-order valence-corrected chi connectivity index (χ0v) is 6.63. The van der Waals surface area contributed by atoms with Gasteiger partial charge in [0.05, 0.1) is 0 Å². The van der Waals surface area contributed by atoms with Gasteiger partial charge in [0.15, 0.2) is 12.5 Å².